The monoisotopic (exact) mass is 496 g/mol. The van der Waals surface area contributed by atoms with Crippen molar-refractivity contribution in [3.63, 3.8) is 0 Å². The number of methoxy groups -OCH3 is 3. The van der Waals surface area contributed by atoms with Gasteiger partial charge < -0.3 is 24.7 Å². The molecule has 2 aromatic rings. The first kappa shape index (κ1) is 24.1. The fraction of sp³-hybridized carbons (Fsp3) is 0.400. The number of nitriles is 1. The Morgan fingerprint density at radius 3 is 2.28 bits per heavy atom. The van der Waals surface area contributed by atoms with Crippen LogP contribution in [-0.4, -0.2) is 34.1 Å². The maximum absolute atomic E-state index is 13.6. The molecule has 10 nitrogen and oxygen atoms in total. The normalized spacial score (nSPS) is 29.3. The van der Waals surface area contributed by atoms with Crippen LogP contribution in [0, 0.1) is 34.9 Å². The average Bonchev–Trinajstić information content (AvgIpc) is 3.55. The van der Waals surface area contributed by atoms with E-state index in [2.05, 4.69) is 27.8 Å². The highest BCUT2D eigenvalue weighted by Crippen LogP contribution is 2.50. The molecule has 3 aliphatic rings. The molecule has 0 aliphatic carbocycles. The van der Waals surface area contributed by atoms with Crippen LogP contribution in [0.25, 0.3) is 0 Å². The minimum Gasteiger partial charge on any atom is -0.493 e. The highest BCUT2D eigenvalue weighted by molar-refractivity contribution is 5.55. The summed E-state index contributed by atoms with van der Waals surface area (Å²) in [5.41, 5.74) is 21.5. The molecule has 3 heterocycles. The van der Waals surface area contributed by atoms with Crippen LogP contribution in [0.4, 0.5) is 4.39 Å². The molecular formula is C25H29FN6O4. The Hall–Kier alpha value is -3.56. The predicted octanol–water partition coefficient (Wildman–Crippen LogP) is 1.75. The van der Waals surface area contributed by atoms with Crippen molar-refractivity contribution >= 4 is 0 Å². The third-order valence-corrected chi connectivity index (χ3v) is 7.26. The Bertz CT molecular complexity index is 1180. The third kappa shape index (κ3) is 3.98. The molecule has 190 valence electrons. The van der Waals surface area contributed by atoms with Gasteiger partial charge in [-0.3, -0.25) is 5.43 Å². The molecule has 0 radical (unpaired) electrons. The van der Waals surface area contributed by atoms with Crippen molar-refractivity contribution in [2.24, 2.45) is 23.5 Å². The maximum Gasteiger partial charge on any atom is 0.203 e. The number of hydrogen-bond acceptors (Lipinski definition) is 10. The number of rotatable bonds is 6. The van der Waals surface area contributed by atoms with Crippen LogP contribution in [-0.2, 0) is 4.74 Å². The van der Waals surface area contributed by atoms with E-state index in [4.69, 9.17) is 24.7 Å². The summed E-state index contributed by atoms with van der Waals surface area (Å²) in [6.07, 6.45) is -0.481. The van der Waals surface area contributed by atoms with Crippen molar-refractivity contribution in [3.8, 4) is 23.3 Å². The summed E-state index contributed by atoms with van der Waals surface area (Å²) in [4.78, 5) is 0. The predicted molar refractivity (Wildman–Crippen MR) is 128 cm³/mol. The van der Waals surface area contributed by atoms with Gasteiger partial charge in [0.05, 0.1) is 39.0 Å². The van der Waals surface area contributed by atoms with Gasteiger partial charge in [0, 0.05) is 24.3 Å². The molecule has 5 rings (SSSR count). The molecule has 6 unspecified atom stereocenters. The molecule has 2 saturated heterocycles. The zero-order valence-electron chi connectivity index (χ0n) is 20.2. The number of benzene rings is 2. The summed E-state index contributed by atoms with van der Waals surface area (Å²) < 4.78 is 36.2. The molecule has 36 heavy (non-hydrogen) atoms. The molecule has 0 amide bonds. The Morgan fingerprint density at radius 2 is 1.67 bits per heavy atom. The van der Waals surface area contributed by atoms with Crippen molar-refractivity contribution in [3.05, 3.63) is 64.8 Å². The van der Waals surface area contributed by atoms with Gasteiger partial charge in [-0.05, 0) is 35.4 Å². The summed E-state index contributed by atoms with van der Waals surface area (Å²) in [5, 5.41) is 10.1. The number of fused-ring (bicyclic) bond motifs is 1. The zero-order valence-corrected chi connectivity index (χ0v) is 20.2. The van der Waals surface area contributed by atoms with E-state index in [0.29, 0.717) is 29.4 Å². The summed E-state index contributed by atoms with van der Waals surface area (Å²) in [5.74, 6) is 0.747. The van der Waals surface area contributed by atoms with Gasteiger partial charge in [0.2, 0.25) is 5.75 Å². The standard InChI is InChI=1S/C25H29FN6O4/c1-33-17-8-13(9-18(34-2)23(17)35-3)22-20-19(15(10-27)24(28)36-25(20)32-31-22)16-11-29-30-21(16)12-4-6-14(26)7-5-12/h4-9,16,19-22,25,29-32H,11,28H2,1-3H3. The van der Waals surface area contributed by atoms with Gasteiger partial charge in [-0.25, -0.2) is 20.7 Å². The van der Waals surface area contributed by atoms with Crippen LogP contribution in [0.5, 0.6) is 17.2 Å². The van der Waals surface area contributed by atoms with E-state index >= 15 is 0 Å². The quantitative estimate of drug-likeness (QED) is 0.403. The highest BCUT2D eigenvalue weighted by Gasteiger charge is 2.53. The first-order valence-electron chi connectivity index (χ1n) is 11.6. The number of nitrogens with two attached hydrogens (primary N) is 1. The Kier molecular flexibility index (Phi) is 6.59. The summed E-state index contributed by atoms with van der Waals surface area (Å²) in [6.45, 7) is 0.580. The number of nitrogens with zero attached hydrogens (tertiary/aromatic N) is 1. The smallest absolute Gasteiger partial charge is 0.203 e. The van der Waals surface area contributed by atoms with Crippen LogP contribution in [0.15, 0.2) is 47.9 Å². The van der Waals surface area contributed by atoms with Gasteiger partial charge >= 0.3 is 0 Å². The number of hydrazine groups is 2. The van der Waals surface area contributed by atoms with Crippen molar-refractivity contribution < 1.29 is 23.3 Å². The van der Waals surface area contributed by atoms with Gasteiger partial charge in [0.1, 0.15) is 11.9 Å². The van der Waals surface area contributed by atoms with E-state index in [1.807, 2.05) is 12.1 Å². The second-order valence-corrected chi connectivity index (χ2v) is 8.97. The molecule has 3 aliphatic heterocycles. The van der Waals surface area contributed by atoms with E-state index < -0.39 is 6.23 Å². The summed E-state index contributed by atoms with van der Waals surface area (Å²) >= 11 is 0. The lowest BCUT2D eigenvalue weighted by atomic mass is 9.68. The zero-order chi connectivity index (χ0) is 25.4. The van der Waals surface area contributed by atoms with Gasteiger partial charge in [-0.15, -0.1) is 0 Å². The Balaban J connectivity index is 1.58. The van der Waals surface area contributed by atoms with E-state index in [9.17, 15) is 9.65 Å². The highest BCUT2D eigenvalue weighted by atomic mass is 19.1. The van der Waals surface area contributed by atoms with E-state index in [-0.39, 0.29) is 41.5 Å². The fourth-order valence-corrected chi connectivity index (χ4v) is 5.66. The lowest BCUT2D eigenvalue weighted by Crippen LogP contribution is -2.45. The van der Waals surface area contributed by atoms with Crippen LogP contribution < -0.4 is 41.6 Å². The van der Waals surface area contributed by atoms with Crippen molar-refractivity contribution in [2.45, 2.75) is 18.3 Å². The topological polar surface area (TPSA) is 135 Å². The Morgan fingerprint density at radius 1 is 0.972 bits per heavy atom. The third-order valence-electron chi connectivity index (χ3n) is 7.26. The van der Waals surface area contributed by atoms with Gasteiger partial charge in [0.15, 0.2) is 23.6 Å². The number of ether oxygens (including phenoxy) is 4. The van der Waals surface area contributed by atoms with Crippen molar-refractivity contribution in [1.82, 2.24) is 21.7 Å². The minimum atomic E-state index is -0.481. The molecular weight excluding hydrogens is 467 g/mol. The molecule has 6 atom stereocenters. The van der Waals surface area contributed by atoms with Crippen LogP contribution in [0.1, 0.15) is 23.2 Å². The molecule has 0 spiro atoms. The molecule has 6 N–H and O–H groups in total. The molecule has 0 aromatic heterocycles. The average molecular weight is 497 g/mol. The fourth-order valence-electron chi connectivity index (χ4n) is 5.66. The van der Waals surface area contributed by atoms with E-state index in [1.165, 1.54) is 12.1 Å². The largest absolute Gasteiger partial charge is 0.493 e. The molecule has 2 fully saturated rings. The van der Waals surface area contributed by atoms with Crippen LogP contribution in [0.3, 0.4) is 0 Å². The molecule has 0 bridgehead atoms. The van der Waals surface area contributed by atoms with E-state index in [1.54, 1.807) is 33.5 Å². The number of halogens is 1. The number of allylic oxidation sites excluding steroid dienone is 1. The SMILES string of the molecule is COc1cc(C2NNC3OC(N)=C(C#N)C(C4CNNC4c4ccc(F)cc4)C32)cc(OC)c1OC. The molecule has 2 aromatic carbocycles. The molecule has 0 saturated carbocycles. The second-order valence-electron chi connectivity index (χ2n) is 8.97. The second kappa shape index (κ2) is 9.83. The number of hydrogen-bond donors (Lipinski definition) is 5. The minimum absolute atomic E-state index is 0.0775. The van der Waals surface area contributed by atoms with Gasteiger partial charge in [-0.1, -0.05) is 12.1 Å². The first-order chi connectivity index (χ1) is 17.5. The number of nitrogens with one attached hydrogen (secondary N) is 4. The summed E-state index contributed by atoms with van der Waals surface area (Å²) in [6, 6.07) is 12.0. The van der Waals surface area contributed by atoms with Gasteiger partial charge in [-0.2, -0.15) is 5.26 Å². The lowest BCUT2D eigenvalue weighted by Gasteiger charge is -2.40. The van der Waals surface area contributed by atoms with Crippen molar-refractivity contribution in [2.75, 3.05) is 27.9 Å². The van der Waals surface area contributed by atoms with Crippen LogP contribution in [0.2, 0.25) is 0 Å². The van der Waals surface area contributed by atoms with Crippen LogP contribution >= 0.6 is 0 Å². The summed E-state index contributed by atoms with van der Waals surface area (Å²) in [7, 11) is 4.69. The van der Waals surface area contributed by atoms with E-state index in [0.717, 1.165) is 11.1 Å². The maximum atomic E-state index is 13.6. The lowest BCUT2D eigenvalue weighted by molar-refractivity contribution is 0.00569. The Labute approximate surface area is 208 Å². The van der Waals surface area contributed by atoms with Crippen molar-refractivity contribution in [1.29, 1.82) is 5.26 Å². The molecule has 11 heteroatoms. The first-order valence-corrected chi connectivity index (χ1v) is 11.6. The van der Waals surface area contributed by atoms with Gasteiger partial charge in [0.25, 0.3) is 0 Å².